The van der Waals surface area contributed by atoms with Gasteiger partial charge in [-0.15, -0.1) is 0 Å². The van der Waals surface area contributed by atoms with Crippen LogP contribution in [-0.2, 0) is 17.1 Å². The van der Waals surface area contributed by atoms with Gasteiger partial charge in [0, 0.05) is 13.2 Å². The normalized spacial score (nSPS) is 11.3. The number of carbonyl (C=O) groups is 1. The highest BCUT2D eigenvalue weighted by Crippen LogP contribution is 2.38. The molecule has 0 saturated carbocycles. The summed E-state index contributed by atoms with van der Waals surface area (Å²) in [7, 11) is -2.46. The summed E-state index contributed by atoms with van der Waals surface area (Å²) in [6.45, 7) is 1.87. The van der Waals surface area contributed by atoms with Gasteiger partial charge in [-0.3, -0.25) is 9.48 Å². The lowest BCUT2D eigenvalue weighted by atomic mass is 10.0. The summed E-state index contributed by atoms with van der Waals surface area (Å²) in [4.78, 5) is 13.4. The molecule has 0 aliphatic carbocycles. The van der Waals surface area contributed by atoms with Gasteiger partial charge in [-0.2, -0.15) is 5.10 Å². The lowest BCUT2D eigenvalue weighted by Gasteiger charge is -2.26. The molecular formula is C24H21N3O4S. The molecule has 32 heavy (non-hydrogen) atoms. The van der Waals surface area contributed by atoms with Crippen LogP contribution in [-0.4, -0.2) is 29.1 Å². The van der Waals surface area contributed by atoms with Gasteiger partial charge in [-0.25, -0.2) is 12.7 Å². The Morgan fingerprint density at radius 2 is 1.66 bits per heavy atom. The van der Waals surface area contributed by atoms with E-state index in [1.54, 1.807) is 49.5 Å². The maximum absolute atomic E-state index is 13.8. The van der Waals surface area contributed by atoms with E-state index in [2.05, 4.69) is 5.10 Å². The number of hydrogen-bond donors (Lipinski definition) is 1. The van der Waals surface area contributed by atoms with Gasteiger partial charge in [-0.05, 0) is 43.3 Å². The van der Waals surface area contributed by atoms with Crippen molar-refractivity contribution in [1.29, 1.82) is 0 Å². The smallest absolute Gasteiger partial charge is 0.268 e. The number of hydrogen-bond acceptors (Lipinski definition) is 5. The number of aromatic hydroxyl groups is 1. The van der Waals surface area contributed by atoms with E-state index in [1.807, 2.05) is 6.92 Å². The molecule has 3 aromatic carbocycles. The van der Waals surface area contributed by atoms with Crippen LogP contribution in [0.1, 0.15) is 21.5 Å². The first-order valence-electron chi connectivity index (χ1n) is 9.81. The van der Waals surface area contributed by atoms with Crippen molar-refractivity contribution in [3.8, 4) is 5.75 Å². The quantitative estimate of drug-likeness (QED) is 0.448. The second-order valence-electron chi connectivity index (χ2n) is 7.32. The zero-order chi connectivity index (χ0) is 22.9. The molecule has 0 bridgehead atoms. The number of carbonyl (C=O) groups excluding carboxylic acids is 1. The number of sulfonamides is 1. The largest absolute Gasteiger partial charge is 0.507 e. The van der Waals surface area contributed by atoms with E-state index >= 15 is 0 Å². The number of phenolic OH excluding ortho intramolecular Hbond substituents is 1. The SMILES string of the molecule is Cc1ccc(S(=O)(=O)N(c2ccccc2)c2cccc(O)c2C(=O)c2cnn(C)c2)cc1. The maximum atomic E-state index is 13.8. The number of nitrogens with zero attached hydrogens (tertiary/aromatic N) is 3. The molecule has 4 rings (SSSR count). The molecule has 8 heteroatoms. The van der Waals surface area contributed by atoms with E-state index < -0.39 is 15.8 Å². The van der Waals surface area contributed by atoms with Crippen LogP contribution in [0.3, 0.4) is 0 Å². The summed E-state index contributed by atoms with van der Waals surface area (Å²) in [5.74, 6) is -0.859. The van der Waals surface area contributed by atoms with E-state index in [0.29, 0.717) is 5.69 Å². The van der Waals surface area contributed by atoms with Crippen molar-refractivity contribution in [2.75, 3.05) is 4.31 Å². The minimum absolute atomic E-state index is 0.0469. The van der Waals surface area contributed by atoms with Crippen LogP contribution < -0.4 is 4.31 Å². The number of rotatable bonds is 6. The van der Waals surface area contributed by atoms with E-state index in [0.717, 1.165) is 9.87 Å². The number of benzene rings is 3. The summed E-state index contributed by atoms with van der Waals surface area (Å²) < 4.78 is 30.1. The lowest BCUT2D eigenvalue weighted by Crippen LogP contribution is -2.28. The van der Waals surface area contributed by atoms with Crippen LogP contribution in [0.25, 0.3) is 0 Å². The van der Waals surface area contributed by atoms with Crippen molar-refractivity contribution in [1.82, 2.24) is 9.78 Å². The van der Waals surface area contributed by atoms with Crippen LogP contribution in [0.4, 0.5) is 11.4 Å². The average molecular weight is 448 g/mol. The highest BCUT2D eigenvalue weighted by molar-refractivity contribution is 7.93. The molecule has 4 aromatic rings. The first-order chi connectivity index (χ1) is 15.3. The zero-order valence-electron chi connectivity index (χ0n) is 17.5. The molecule has 0 aliphatic rings. The highest BCUT2D eigenvalue weighted by Gasteiger charge is 2.32. The molecule has 1 N–H and O–H groups in total. The Kier molecular flexibility index (Phi) is 5.54. The first-order valence-corrected chi connectivity index (χ1v) is 11.3. The minimum atomic E-state index is -4.12. The number of aromatic nitrogens is 2. The standard InChI is InChI=1S/C24H21N3O4S/c1-17-11-13-20(14-12-17)32(30,31)27(19-7-4-3-5-8-19)21-9-6-10-22(28)23(21)24(29)18-15-25-26(2)16-18/h3-16,28H,1-2H3. The fourth-order valence-corrected chi connectivity index (χ4v) is 4.90. The molecule has 1 aromatic heterocycles. The van der Waals surface area contributed by atoms with Gasteiger partial charge in [0.05, 0.1) is 33.6 Å². The van der Waals surface area contributed by atoms with Gasteiger partial charge in [0.25, 0.3) is 10.0 Å². The third-order valence-electron chi connectivity index (χ3n) is 4.98. The van der Waals surface area contributed by atoms with Crippen LogP contribution in [0.5, 0.6) is 5.75 Å². The molecule has 0 unspecified atom stereocenters. The average Bonchev–Trinajstić information content (AvgIpc) is 3.21. The summed E-state index contributed by atoms with van der Waals surface area (Å²) in [5, 5.41) is 14.6. The monoisotopic (exact) mass is 447 g/mol. The van der Waals surface area contributed by atoms with Crippen molar-refractivity contribution in [2.45, 2.75) is 11.8 Å². The predicted molar refractivity (Wildman–Crippen MR) is 122 cm³/mol. The molecule has 7 nitrogen and oxygen atoms in total. The molecule has 0 atom stereocenters. The maximum Gasteiger partial charge on any atom is 0.268 e. The molecule has 0 radical (unpaired) electrons. The second-order valence-corrected chi connectivity index (χ2v) is 9.11. The van der Waals surface area contributed by atoms with Gasteiger partial charge < -0.3 is 5.11 Å². The van der Waals surface area contributed by atoms with Crippen molar-refractivity contribution >= 4 is 27.2 Å². The van der Waals surface area contributed by atoms with Crippen LogP contribution in [0.2, 0.25) is 0 Å². The Hall–Kier alpha value is -3.91. The highest BCUT2D eigenvalue weighted by atomic mass is 32.2. The lowest BCUT2D eigenvalue weighted by molar-refractivity contribution is 0.103. The fourth-order valence-electron chi connectivity index (χ4n) is 3.40. The molecule has 0 saturated heterocycles. The zero-order valence-corrected chi connectivity index (χ0v) is 18.3. The minimum Gasteiger partial charge on any atom is -0.507 e. The number of anilines is 2. The molecule has 1 heterocycles. The van der Waals surface area contributed by atoms with Gasteiger partial charge in [0.1, 0.15) is 5.75 Å². The van der Waals surface area contributed by atoms with E-state index in [1.165, 1.54) is 47.4 Å². The molecule has 0 spiro atoms. The van der Waals surface area contributed by atoms with E-state index in [-0.39, 0.29) is 27.5 Å². The Morgan fingerprint density at radius 3 is 2.28 bits per heavy atom. The van der Waals surface area contributed by atoms with Gasteiger partial charge in [0.2, 0.25) is 5.78 Å². The second kappa shape index (κ2) is 8.32. The van der Waals surface area contributed by atoms with Gasteiger partial charge >= 0.3 is 0 Å². The fraction of sp³-hybridized carbons (Fsp3) is 0.0833. The molecule has 0 aliphatic heterocycles. The Bertz CT molecular complexity index is 1380. The molecular weight excluding hydrogens is 426 g/mol. The van der Waals surface area contributed by atoms with Gasteiger partial charge in [0.15, 0.2) is 0 Å². The third kappa shape index (κ3) is 3.88. The van der Waals surface area contributed by atoms with Crippen molar-refractivity contribution in [2.24, 2.45) is 7.05 Å². The number of phenols is 1. The number of ketones is 1. The van der Waals surface area contributed by atoms with Crippen LogP contribution in [0, 0.1) is 6.92 Å². The van der Waals surface area contributed by atoms with Crippen LogP contribution >= 0.6 is 0 Å². The van der Waals surface area contributed by atoms with Crippen LogP contribution in [0.15, 0.2) is 90.1 Å². The van der Waals surface area contributed by atoms with E-state index in [4.69, 9.17) is 0 Å². The Labute approximate surface area is 186 Å². The summed E-state index contributed by atoms with van der Waals surface area (Å²) in [6.07, 6.45) is 2.89. The molecule has 162 valence electrons. The molecule has 0 fully saturated rings. The van der Waals surface area contributed by atoms with Gasteiger partial charge in [-0.1, -0.05) is 42.0 Å². The van der Waals surface area contributed by atoms with Crippen molar-refractivity contribution in [3.05, 3.63) is 102 Å². The Balaban J connectivity index is 1.97. The number of aryl methyl sites for hydroxylation is 2. The first kappa shape index (κ1) is 21.3. The number of para-hydroxylation sites is 1. The summed E-state index contributed by atoms with van der Waals surface area (Å²) in [6, 6.07) is 19.3. The summed E-state index contributed by atoms with van der Waals surface area (Å²) in [5.41, 5.74) is 1.40. The topological polar surface area (TPSA) is 92.5 Å². The van der Waals surface area contributed by atoms with E-state index in [9.17, 15) is 18.3 Å². The Morgan fingerprint density at radius 1 is 0.969 bits per heavy atom. The third-order valence-corrected chi connectivity index (χ3v) is 6.74. The predicted octanol–water partition coefficient (Wildman–Crippen LogP) is 4.19. The van der Waals surface area contributed by atoms with Crippen molar-refractivity contribution in [3.63, 3.8) is 0 Å². The molecule has 0 amide bonds. The summed E-state index contributed by atoms with van der Waals surface area (Å²) >= 11 is 0. The van der Waals surface area contributed by atoms with Crippen molar-refractivity contribution < 1.29 is 18.3 Å².